The topological polar surface area (TPSA) is 64.8 Å². The van der Waals surface area contributed by atoms with Gasteiger partial charge in [-0.2, -0.15) is 0 Å². The van der Waals surface area contributed by atoms with E-state index in [-0.39, 0.29) is 5.91 Å². The third-order valence-corrected chi connectivity index (χ3v) is 3.83. The normalized spacial score (nSPS) is 10.4. The van der Waals surface area contributed by atoms with Gasteiger partial charge in [0.2, 0.25) is 0 Å². The summed E-state index contributed by atoms with van der Waals surface area (Å²) < 4.78 is 10.7. The van der Waals surface area contributed by atoms with E-state index in [0.717, 1.165) is 45.2 Å². The van der Waals surface area contributed by atoms with Gasteiger partial charge in [-0.15, -0.1) is 0 Å². The van der Waals surface area contributed by atoms with Crippen LogP contribution in [0.3, 0.4) is 0 Å². The maximum absolute atomic E-state index is 13.0. The molecule has 0 heterocycles. The molecule has 0 aromatic heterocycles. The van der Waals surface area contributed by atoms with Crippen LogP contribution in [0.2, 0.25) is 0 Å². The first-order chi connectivity index (χ1) is 11.1. The van der Waals surface area contributed by atoms with E-state index in [2.05, 4.69) is 13.8 Å². The van der Waals surface area contributed by atoms with Gasteiger partial charge < -0.3 is 20.1 Å². The molecule has 5 heteroatoms. The second-order valence-corrected chi connectivity index (χ2v) is 5.66. The highest BCUT2D eigenvalue weighted by Crippen LogP contribution is 2.34. The molecule has 0 spiro atoms. The maximum atomic E-state index is 13.0. The molecule has 0 aliphatic heterocycles. The highest BCUT2D eigenvalue weighted by Gasteiger charge is 2.22. The van der Waals surface area contributed by atoms with Crippen molar-refractivity contribution in [1.29, 1.82) is 0 Å². The summed E-state index contributed by atoms with van der Waals surface area (Å²) >= 11 is 0. The first-order valence-corrected chi connectivity index (χ1v) is 8.39. The Bertz CT molecular complexity index is 503. The number of unbranched alkanes of at least 4 members (excludes halogenated alkanes) is 3. The zero-order valence-electron chi connectivity index (χ0n) is 14.9. The molecule has 0 saturated carbocycles. The number of hydrogen-bond donors (Lipinski definition) is 1. The Hall–Kier alpha value is -1.91. The van der Waals surface area contributed by atoms with Crippen molar-refractivity contribution >= 4 is 11.6 Å². The smallest absolute Gasteiger partial charge is 0.257 e. The Labute approximate surface area is 139 Å². The van der Waals surface area contributed by atoms with Crippen LogP contribution in [-0.4, -0.2) is 38.1 Å². The molecule has 23 heavy (non-hydrogen) atoms. The van der Waals surface area contributed by atoms with Gasteiger partial charge >= 0.3 is 0 Å². The summed E-state index contributed by atoms with van der Waals surface area (Å²) in [6.45, 7) is 5.79. The fraction of sp³-hybridized carbons (Fsp3) is 0.611. The van der Waals surface area contributed by atoms with Gasteiger partial charge in [0.25, 0.3) is 5.91 Å². The van der Waals surface area contributed by atoms with Gasteiger partial charge in [0.1, 0.15) is 0 Å². The molecule has 0 fully saturated rings. The molecule has 1 aromatic carbocycles. The average molecular weight is 322 g/mol. The van der Waals surface area contributed by atoms with Gasteiger partial charge in [-0.3, -0.25) is 4.79 Å². The third kappa shape index (κ3) is 5.34. The second kappa shape index (κ2) is 9.98. The SMILES string of the molecule is CCCCCN(CCCC)C(=O)c1cc(N)cc(OC)c1OC. The number of benzene rings is 1. The molecule has 0 atom stereocenters. The number of nitrogens with zero attached hydrogens (tertiary/aromatic N) is 1. The number of anilines is 1. The lowest BCUT2D eigenvalue weighted by atomic mass is 10.1. The second-order valence-electron chi connectivity index (χ2n) is 5.66. The highest BCUT2D eigenvalue weighted by molar-refractivity contribution is 5.99. The zero-order valence-corrected chi connectivity index (χ0v) is 14.9. The number of ether oxygens (including phenoxy) is 2. The van der Waals surface area contributed by atoms with Crippen LogP contribution in [0.1, 0.15) is 56.3 Å². The molecule has 1 amide bonds. The van der Waals surface area contributed by atoms with E-state index in [1.165, 1.54) is 7.11 Å². The molecule has 0 radical (unpaired) electrons. The summed E-state index contributed by atoms with van der Waals surface area (Å²) in [6.07, 6.45) is 5.29. The number of amides is 1. The molecular formula is C18H30N2O3. The molecule has 1 aromatic rings. The Balaban J connectivity index is 3.08. The fourth-order valence-corrected chi connectivity index (χ4v) is 2.53. The molecule has 0 saturated heterocycles. The van der Waals surface area contributed by atoms with E-state index >= 15 is 0 Å². The molecular weight excluding hydrogens is 292 g/mol. The van der Waals surface area contributed by atoms with Crippen molar-refractivity contribution in [3.8, 4) is 11.5 Å². The van der Waals surface area contributed by atoms with E-state index in [1.54, 1.807) is 19.2 Å². The van der Waals surface area contributed by atoms with Crippen LogP contribution in [0.4, 0.5) is 5.69 Å². The van der Waals surface area contributed by atoms with Crippen LogP contribution in [0.15, 0.2) is 12.1 Å². The van der Waals surface area contributed by atoms with Crippen LogP contribution in [0, 0.1) is 0 Å². The first kappa shape index (κ1) is 19.1. The highest BCUT2D eigenvalue weighted by atomic mass is 16.5. The van der Waals surface area contributed by atoms with Crippen LogP contribution < -0.4 is 15.2 Å². The van der Waals surface area contributed by atoms with Crippen molar-refractivity contribution < 1.29 is 14.3 Å². The Morgan fingerprint density at radius 2 is 1.70 bits per heavy atom. The number of methoxy groups -OCH3 is 2. The predicted molar refractivity (Wildman–Crippen MR) is 94.3 cm³/mol. The van der Waals surface area contributed by atoms with Crippen molar-refractivity contribution in [1.82, 2.24) is 4.90 Å². The predicted octanol–water partition coefficient (Wildman–Crippen LogP) is 3.72. The average Bonchev–Trinajstić information content (AvgIpc) is 2.56. The lowest BCUT2D eigenvalue weighted by molar-refractivity contribution is 0.0746. The van der Waals surface area contributed by atoms with Crippen LogP contribution >= 0.6 is 0 Å². The van der Waals surface area contributed by atoms with Crippen LogP contribution in [0.5, 0.6) is 11.5 Å². The van der Waals surface area contributed by atoms with Crippen molar-refractivity contribution in [3.05, 3.63) is 17.7 Å². The molecule has 130 valence electrons. The van der Waals surface area contributed by atoms with Crippen molar-refractivity contribution in [2.24, 2.45) is 0 Å². The van der Waals surface area contributed by atoms with Gasteiger partial charge in [-0.25, -0.2) is 0 Å². The summed E-state index contributed by atoms with van der Waals surface area (Å²) in [5.41, 5.74) is 6.88. The van der Waals surface area contributed by atoms with Gasteiger partial charge in [-0.1, -0.05) is 33.1 Å². The lowest BCUT2D eigenvalue weighted by Crippen LogP contribution is -2.33. The minimum atomic E-state index is -0.0444. The van der Waals surface area contributed by atoms with Gasteiger partial charge in [-0.05, 0) is 18.9 Å². The lowest BCUT2D eigenvalue weighted by Gasteiger charge is -2.24. The molecule has 0 aliphatic rings. The molecule has 5 nitrogen and oxygen atoms in total. The Morgan fingerprint density at radius 1 is 1.04 bits per heavy atom. The molecule has 1 rings (SSSR count). The summed E-state index contributed by atoms with van der Waals surface area (Å²) in [7, 11) is 3.08. The maximum Gasteiger partial charge on any atom is 0.257 e. The third-order valence-electron chi connectivity index (χ3n) is 3.83. The number of carbonyl (C=O) groups excluding carboxylic acids is 1. The van der Waals surface area contributed by atoms with Crippen LogP contribution in [0.25, 0.3) is 0 Å². The van der Waals surface area contributed by atoms with E-state index in [4.69, 9.17) is 15.2 Å². The summed E-state index contributed by atoms with van der Waals surface area (Å²) in [6, 6.07) is 3.34. The summed E-state index contributed by atoms with van der Waals surface area (Å²) in [5, 5.41) is 0. The number of nitrogen functional groups attached to an aromatic ring is 1. The zero-order chi connectivity index (χ0) is 17.2. The van der Waals surface area contributed by atoms with Crippen molar-refractivity contribution in [2.75, 3.05) is 33.0 Å². The van der Waals surface area contributed by atoms with Gasteiger partial charge in [0, 0.05) is 24.8 Å². The quantitative estimate of drug-likeness (QED) is 0.527. The monoisotopic (exact) mass is 322 g/mol. The Morgan fingerprint density at radius 3 is 2.26 bits per heavy atom. The number of nitrogens with two attached hydrogens (primary N) is 1. The number of carbonyl (C=O) groups is 1. The minimum Gasteiger partial charge on any atom is -0.493 e. The van der Waals surface area contributed by atoms with E-state index in [9.17, 15) is 4.79 Å². The molecule has 0 bridgehead atoms. The van der Waals surface area contributed by atoms with Crippen LogP contribution in [-0.2, 0) is 0 Å². The Kier molecular flexibility index (Phi) is 8.30. The summed E-state index contributed by atoms with van der Waals surface area (Å²) in [5.74, 6) is 0.889. The van der Waals surface area contributed by atoms with E-state index in [1.807, 2.05) is 4.90 Å². The van der Waals surface area contributed by atoms with E-state index < -0.39 is 0 Å². The van der Waals surface area contributed by atoms with Gasteiger partial charge in [0.15, 0.2) is 11.5 Å². The molecule has 2 N–H and O–H groups in total. The van der Waals surface area contributed by atoms with Gasteiger partial charge in [0.05, 0.1) is 19.8 Å². The summed E-state index contributed by atoms with van der Waals surface area (Å²) in [4.78, 5) is 14.9. The molecule has 0 unspecified atom stereocenters. The largest absolute Gasteiger partial charge is 0.493 e. The molecule has 0 aliphatic carbocycles. The first-order valence-electron chi connectivity index (χ1n) is 8.39. The van der Waals surface area contributed by atoms with E-state index in [0.29, 0.717) is 22.7 Å². The number of rotatable bonds is 10. The minimum absolute atomic E-state index is 0.0444. The van der Waals surface area contributed by atoms with Crippen molar-refractivity contribution in [2.45, 2.75) is 46.0 Å². The standard InChI is InChI=1S/C18H30N2O3/c1-5-7-9-11-20(10-8-6-2)18(21)15-12-14(19)13-16(22-3)17(15)23-4/h12-13H,5-11,19H2,1-4H3. The number of hydrogen-bond acceptors (Lipinski definition) is 4. The van der Waals surface area contributed by atoms with Crippen molar-refractivity contribution in [3.63, 3.8) is 0 Å². The fourth-order valence-electron chi connectivity index (χ4n) is 2.53.